The Morgan fingerprint density at radius 2 is 1.00 bits per heavy atom. The van der Waals surface area contributed by atoms with Crippen LogP contribution in [0.1, 0.15) is 43.0 Å². The summed E-state index contributed by atoms with van der Waals surface area (Å²) in [5.41, 5.74) is 7.12. The predicted molar refractivity (Wildman–Crippen MR) is 165 cm³/mol. The minimum atomic E-state index is -0.0756. The summed E-state index contributed by atoms with van der Waals surface area (Å²) >= 11 is 0. The molecule has 0 bridgehead atoms. The van der Waals surface area contributed by atoms with Crippen molar-refractivity contribution in [3.63, 3.8) is 0 Å². The molecule has 41 heavy (non-hydrogen) atoms. The molecule has 2 N–H and O–H groups in total. The second kappa shape index (κ2) is 13.8. The molecule has 0 radical (unpaired) electrons. The molecule has 4 rings (SSSR count). The van der Waals surface area contributed by atoms with Crippen LogP contribution < -0.4 is 20.1 Å². The number of anilines is 2. The van der Waals surface area contributed by atoms with Gasteiger partial charge in [0.25, 0.3) is 0 Å². The maximum atomic E-state index is 12.4. The van der Waals surface area contributed by atoms with Crippen LogP contribution in [0.25, 0.3) is 0 Å². The van der Waals surface area contributed by atoms with Crippen molar-refractivity contribution in [2.75, 3.05) is 24.9 Å². The van der Waals surface area contributed by atoms with E-state index < -0.39 is 0 Å². The van der Waals surface area contributed by atoms with Crippen LogP contribution in [-0.2, 0) is 6.42 Å². The Hall–Kier alpha value is -5.10. The molecule has 4 aromatic carbocycles. The third-order valence-corrected chi connectivity index (χ3v) is 6.56. The van der Waals surface area contributed by atoms with E-state index in [1.54, 1.807) is 26.6 Å². The molecule has 0 spiro atoms. The van der Waals surface area contributed by atoms with Crippen LogP contribution in [0.15, 0.2) is 109 Å². The smallest absolute Gasteiger partial charge is 0.187 e. The molecular formula is C35H34N2O4. The van der Waals surface area contributed by atoms with E-state index in [1.165, 1.54) is 12.2 Å². The molecule has 0 heterocycles. The number of nitrogens with one attached hydrogen (secondary N) is 2. The number of allylic oxidation sites excluding steroid dienone is 2. The number of hydrogen-bond acceptors (Lipinski definition) is 6. The van der Waals surface area contributed by atoms with Crippen LogP contribution in [0, 0.1) is 13.8 Å². The highest BCUT2D eigenvalue weighted by molar-refractivity contribution is 6.05. The molecule has 0 saturated heterocycles. The van der Waals surface area contributed by atoms with Crippen LogP contribution in [0.4, 0.5) is 11.4 Å². The van der Waals surface area contributed by atoms with Crippen LogP contribution >= 0.6 is 0 Å². The third kappa shape index (κ3) is 7.96. The molecule has 0 aromatic heterocycles. The lowest BCUT2D eigenvalue weighted by molar-refractivity contribution is 0.103. The van der Waals surface area contributed by atoms with Crippen LogP contribution in [0.3, 0.4) is 0 Å². The first-order valence-corrected chi connectivity index (χ1v) is 13.3. The molecule has 0 saturated carbocycles. The van der Waals surface area contributed by atoms with Gasteiger partial charge in [0.2, 0.25) is 0 Å². The number of aryl methyl sites for hydroxylation is 2. The van der Waals surface area contributed by atoms with Gasteiger partial charge in [-0.1, -0.05) is 71.8 Å². The molecule has 0 unspecified atom stereocenters. The molecule has 208 valence electrons. The highest BCUT2D eigenvalue weighted by atomic mass is 16.5. The highest BCUT2D eigenvalue weighted by Crippen LogP contribution is 2.30. The highest BCUT2D eigenvalue weighted by Gasteiger charge is 2.08. The van der Waals surface area contributed by atoms with Crippen LogP contribution in [-0.4, -0.2) is 25.8 Å². The minimum Gasteiger partial charge on any atom is -0.495 e. The maximum absolute atomic E-state index is 12.4. The number of methoxy groups -OCH3 is 2. The third-order valence-electron chi connectivity index (χ3n) is 6.56. The van der Waals surface area contributed by atoms with E-state index in [9.17, 15) is 9.59 Å². The Morgan fingerprint density at radius 1 is 0.610 bits per heavy atom. The van der Waals surface area contributed by atoms with E-state index in [-0.39, 0.29) is 11.6 Å². The van der Waals surface area contributed by atoms with E-state index in [0.29, 0.717) is 29.0 Å². The monoisotopic (exact) mass is 546 g/mol. The van der Waals surface area contributed by atoms with Gasteiger partial charge in [-0.2, -0.15) is 0 Å². The second-order valence-electron chi connectivity index (χ2n) is 9.66. The van der Waals surface area contributed by atoms with Gasteiger partial charge in [0.15, 0.2) is 11.6 Å². The standard InChI is InChI=1S/C35H34N2O4/c1-24-5-11-28(12-6-24)32(38)17-19-36-30-15-9-26(22-34(30)40-3)21-27-10-16-31(35(23-27)41-4)37-20-18-33(39)29-13-7-25(2)8-14-29/h5-20,22-23,36-37H,21H2,1-4H3. The molecule has 0 aliphatic carbocycles. The van der Waals surface area contributed by atoms with Gasteiger partial charge in [0, 0.05) is 35.7 Å². The summed E-state index contributed by atoms with van der Waals surface area (Å²) in [5.74, 6) is 1.19. The first-order valence-electron chi connectivity index (χ1n) is 13.3. The van der Waals surface area contributed by atoms with Crippen LogP contribution in [0.5, 0.6) is 11.5 Å². The molecule has 0 aliphatic rings. The van der Waals surface area contributed by atoms with Gasteiger partial charge >= 0.3 is 0 Å². The van der Waals surface area contributed by atoms with E-state index in [0.717, 1.165) is 33.6 Å². The lowest BCUT2D eigenvalue weighted by Crippen LogP contribution is -1.99. The van der Waals surface area contributed by atoms with Crippen molar-refractivity contribution in [3.05, 3.63) is 143 Å². The molecule has 0 fully saturated rings. The summed E-state index contributed by atoms with van der Waals surface area (Å²) < 4.78 is 11.2. The summed E-state index contributed by atoms with van der Waals surface area (Å²) in [6.45, 7) is 3.98. The summed E-state index contributed by atoms with van der Waals surface area (Å²) in [7, 11) is 3.23. The van der Waals surface area contributed by atoms with Gasteiger partial charge in [-0.25, -0.2) is 0 Å². The molecule has 0 amide bonds. The van der Waals surface area contributed by atoms with Gasteiger partial charge in [0.05, 0.1) is 25.6 Å². The SMILES string of the molecule is COc1cc(Cc2ccc(NC=CC(=O)c3ccc(C)cc3)c(OC)c2)ccc1NC=CC(=O)c1ccc(C)cc1. The summed E-state index contributed by atoms with van der Waals surface area (Å²) in [6.07, 6.45) is 6.93. The zero-order chi connectivity index (χ0) is 29.2. The lowest BCUT2D eigenvalue weighted by Gasteiger charge is -2.13. The average molecular weight is 547 g/mol. The van der Waals surface area contributed by atoms with Gasteiger partial charge in [-0.05, 0) is 55.7 Å². The van der Waals surface area contributed by atoms with E-state index in [2.05, 4.69) is 10.6 Å². The fourth-order valence-electron chi connectivity index (χ4n) is 4.21. The topological polar surface area (TPSA) is 76.7 Å². The summed E-state index contributed by atoms with van der Waals surface area (Å²) in [5, 5.41) is 6.30. The Balaban J connectivity index is 1.38. The number of carbonyl (C=O) groups excluding carboxylic acids is 2. The van der Waals surface area contributed by atoms with Gasteiger partial charge in [-0.15, -0.1) is 0 Å². The predicted octanol–water partition coefficient (Wildman–Crippen LogP) is 7.53. The second-order valence-corrected chi connectivity index (χ2v) is 9.66. The molecule has 0 aliphatic heterocycles. The largest absolute Gasteiger partial charge is 0.495 e. The fraction of sp³-hybridized carbons (Fsp3) is 0.143. The van der Waals surface area contributed by atoms with Gasteiger partial charge in [0.1, 0.15) is 11.5 Å². The molecule has 6 nitrogen and oxygen atoms in total. The Labute approximate surface area is 241 Å². The van der Waals surface area contributed by atoms with E-state index >= 15 is 0 Å². The fourth-order valence-corrected chi connectivity index (χ4v) is 4.21. The van der Waals surface area contributed by atoms with Crippen molar-refractivity contribution in [1.29, 1.82) is 0 Å². The van der Waals surface area contributed by atoms with Crippen molar-refractivity contribution < 1.29 is 19.1 Å². The molecular weight excluding hydrogens is 512 g/mol. The number of ketones is 2. The normalized spacial score (nSPS) is 11.0. The Morgan fingerprint density at radius 3 is 1.37 bits per heavy atom. The summed E-state index contributed by atoms with van der Waals surface area (Å²) in [4.78, 5) is 24.8. The minimum absolute atomic E-state index is 0.0756. The Kier molecular flexibility index (Phi) is 9.73. The van der Waals surface area contributed by atoms with E-state index in [1.807, 2.05) is 98.8 Å². The van der Waals surface area contributed by atoms with Gasteiger partial charge < -0.3 is 20.1 Å². The molecule has 0 atom stereocenters. The number of hydrogen-bond donors (Lipinski definition) is 2. The number of carbonyl (C=O) groups is 2. The first-order chi connectivity index (χ1) is 19.9. The van der Waals surface area contributed by atoms with Crippen molar-refractivity contribution in [2.45, 2.75) is 20.3 Å². The Bertz CT molecular complexity index is 1450. The van der Waals surface area contributed by atoms with Crippen LogP contribution in [0.2, 0.25) is 0 Å². The zero-order valence-corrected chi connectivity index (χ0v) is 23.7. The number of rotatable bonds is 12. The average Bonchev–Trinajstić information content (AvgIpc) is 2.98. The zero-order valence-electron chi connectivity index (χ0n) is 23.7. The molecule has 4 aromatic rings. The van der Waals surface area contributed by atoms with E-state index in [4.69, 9.17) is 9.47 Å². The summed E-state index contributed by atoms with van der Waals surface area (Å²) in [6, 6.07) is 26.8. The number of benzene rings is 4. The first kappa shape index (κ1) is 28.9. The lowest BCUT2D eigenvalue weighted by atomic mass is 10.0. The van der Waals surface area contributed by atoms with Crippen molar-refractivity contribution >= 4 is 22.9 Å². The number of ether oxygens (including phenoxy) is 2. The maximum Gasteiger partial charge on any atom is 0.187 e. The van der Waals surface area contributed by atoms with Crippen molar-refractivity contribution in [3.8, 4) is 11.5 Å². The van der Waals surface area contributed by atoms with Crippen molar-refractivity contribution in [2.24, 2.45) is 0 Å². The van der Waals surface area contributed by atoms with Gasteiger partial charge in [-0.3, -0.25) is 9.59 Å². The quantitative estimate of drug-likeness (QED) is 0.141. The van der Waals surface area contributed by atoms with Crippen molar-refractivity contribution in [1.82, 2.24) is 0 Å². The molecule has 6 heteroatoms.